The van der Waals surface area contributed by atoms with Crippen molar-refractivity contribution in [3.63, 3.8) is 0 Å². The first-order valence-corrected chi connectivity index (χ1v) is 9.27. The molecule has 0 nitrogen and oxygen atoms in total. The maximum Gasteiger partial charge on any atom is 0.0351 e. The molecule has 0 atom stereocenters. The standard InChI is InChI=1S/C15H18S.3C2H6/c1-5-9-11-15-13(8-4)12(7-3)14(16-15)10-6-2;3*1-2/h5-11H,3H2,1-2,4H3;3*1-2H3/b9-5-,10-6-,13-8-,15-11+;;;. The van der Waals surface area contributed by atoms with Crippen molar-refractivity contribution in [2.75, 3.05) is 0 Å². The maximum absolute atomic E-state index is 3.90. The van der Waals surface area contributed by atoms with E-state index in [9.17, 15) is 0 Å². The van der Waals surface area contributed by atoms with Crippen molar-refractivity contribution in [3.05, 3.63) is 45.0 Å². The van der Waals surface area contributed by atoms with Crippen molar-refractivity contribution in [1.82, 2.24) is 0 Å². The van der Waals surface area contributed by atoms with E-state index < -0.39 is 0 Å². The van der Waals surface area contributed by atoms with E-state index in [4.69, 9.17) is 0 Å². The van der Waals surface area contributed by atoms with Gasteiger partial charge in [-0.3, -0.25) is 0 Å². The minimum atomic E-state index is 1.24. The van der Waals surface area contributed by atoms with Gasteiger partial charge in [0.2, 0.25) is 0 Å². The molecule has 0 bridgehead atoms. The van der Waals surface area contributed by atoms with Crippen molar-refractivity contribution in [2.24, 2.45) is 0 Å². The van der Waals surface area contributed by atoms with Crippen LogP contribution in [0.1, 0.15) is 72.8 Å². The summed E-state index contributed by atoms with van der Waals surface area (Å²) in [6, 6.07) is 0. The Morgan fingerprint density at radius 3 is 1.77 bits per heavy atom. The van der Waals surface area contributed by atoms with Crippen molar-refractivity contribution in [3.8, 4) is 0 Å². The number of allylic oxidation sites excluding steroid dienone is 3. The summed E-state index contributed by atoms with van der Waals surface area (Å²) in [4.78, 5) is 1.28. The van der Waals surface area contributed by atoms with E-state index >= 15 is 0 Å². The Balaban J connectivity index is -0.000000535. The lowest BCUT2D eigenvalue weighted by molar-refractivity contribution is 1.50. The lowest BCUT2D eigenvalue weighted by atomic mass is 10.2. The first-order chi connectivity index (χ1) is 10.8. The molecule has 0 saturated heterocycles. The third-order valence-electron chi connectivity index (χ3n) is 2.29. The van der Waals surface area contributed by atoms with Crippen LogP contribution in [0.25, 0.3) is 24.3 Å². The summed E-state index contributed by atoms with van der Waals surface area (Å²) in [5, 5.41) is 1.28. The van der Waals surface area contributed by atoms with Gasteiger partial charge in [-0.2, -0.15) is 0 Å². The van der Waals surface area contributed by atoms with Gasteiger partial charge >= 0.3 is 0 Å². The summed E-state index contributed by atoms with van der Waals surface area (Å²) in [6.07, 6.45) is 14.6. The van der Waals surface area contributed by atoms with Crippen LogP contribution < -0.4 is 9.75 Å². The molecule has 0 unspecified atom stereocenters. The van der Waals surface area contributed by atoms with Crippen LogP contribution >= 0.6 is 11.3 Å². The zero-order valence-electron chi connectivity index (χ0n) is 16.2. The number of hydrogen-bond acceptors (Lipinski definition) is 1. The Labute approximate surface area is 143 Å². The van der Waals surface area contributed by atoms with Crippen LogP contribution in [0.2, 0.25) is 0 Å². The molecule has 22 heavy (non-hydrogen) atoms. The van der Waals surface area contributed by atoms with E-state index in [-0.39, 0.29) is 0 Å². The first-order valence-electron chi connectivity index (χ1n) is 8.45. The molecule has 1 heterocycles. The predicted molar refractivity (Wildman–Crippen MR) is 112 cm³/mol. The van der Waals surface area contributed by atoms with Gasteiger partial charge in [-0.05, 0) is 43.7 Å². The Bertz CT molecular complexity index is 525. The highest BCUT2D eigenvalue weighted by molar-refractivity contribution is 7.11. The Morgan fingerprint density at radius 1 is 0.864 bits per heavy atom. The fraction of sp³-hybridized carbons (Fsp3) is 0.429. The van der Waals surface area contributed by atoms with E-state index in [2.05, 4.69) is 43.9 Å². The molecule has 0 saturated carbocycles. The van der Waals surface area contributed by atoms with Gasteiger partial charge in [-0.25, -0.2) is 0 Å². The van der Waals surface area contributed by atoms with Gasteiger partial charge in [0.1, 0.15) is 0 Å². The molecule has 0 aromatic carbocycles. The summed E-state index contributed by atoms with van der Waals surface area (Å²) in [6.45, 7) is 22.0. The van der Waals surface area contributed by atoms with E-state index in [0.717, 1.165) is 0 Å². The third kappa shape index (κ3) is 8.84. The summed E-state index contributed by atoms with van der Waals surface area (Å²) < 4.78 is 1.30. The molecular formula is C21H36S. The van der Waals surface area contributed by atoms with Gasteiger partial charge in [-0.15, -0.1) is 11.3 Å². The molecule has 0 aliphatic heterocycles. The molecule has 0 amide bonds. The zero-order chi connectivity index (χ0) is 18.0. The number of rotatable bonds is 3. The second kappa shape index (κ2) is 19.7. The minimum absolute atomic E-state index is 1.24. The molecule has 1 rings (SSSR count). The summed E-state index contributed by atoms with van der Waals surface area (Å²) >= 11 is 1.80. The van der Waals surface area contributed by atoms with Crippen LogP contribution in [0.4, 0.5) is 0 Å². The van der Waals surface area contributed by atoms with Crippen LogP contribution in [0, 0.1) is 0 Å². The summed E-state index contributed by atoms with van der Waals surface area (Å²) in [5.41, 5.74) is 1.24. The summed E-state index contributed by atoms with van der Waals surface area (Å²) in [5.74, 6) is 0. The molecule has 0 aliphatic carbocycles. The normalized spacial score (nSPS) is 11.3. The van der Waals surface area contributed by atoms with Crippen molar-refractivity contribution >= 4 is 35.6 Å². The molecule has 1 aromatic rings. The highest BCUT2D eigenvalue weighted by Crippen LogP contribution is 2.12. The van der Waals surface area contributed by atoms with Gasteiger partial charge in [0, 0.05) is 9.41 Å². The first kappa shape index (κ1) is 25.6. The number of thiophene rings is 1. The highest BCUT2D eigenvalue weighted by Gasteiger charge is 2.02. The van der Waals surface area contributed by atoms with Gasteiger partial charge in [-0.1, -0.05) is 78.5 Å². The monoisotopic (exact) mass is 320 g/mol. The average Bonchev–Trinajstić information content (AvgIpc) is 2.95. The van der Waals surface area contributed by atoms with Gasteiger partial charge < -0.3 is 0 Å². The van der Waals surface area contributed by atoms with Crippen LogP contribution in [0.15, 0.2) is 24.8 Å². The molecule has 0 N–H and O–H groups in total. The molecule has 0 fully saturated rings. The molecule has 1 heteroatoms. The lowest BCUT2D eigenvalue weighted by Crippen LogP contribution is -2.19. The lowest BCUT2D eigenvalue weighted by Gasteiger charge is -1.89. The van der Waals surface area contributed by atoms with Gasteiger partial charge in [0.25, 0.3) is 0 Å². The maximum atomic E-state index is 3.90. The van der Waals surface area contributed by atoms with Crippen molar-refractivity contribution in [2.45, 2.75) is 62.3 Å². The van der Waals surface area contributed by atoms with Crippen molar-refractivity contribution < 1.29 is 0 Å². The molecule has 0 aliphatic rings. The molecular weight excluding hydrogens is 284 g/mol. The predicted octanol–water partition coefficient (Wildman–Crippen LogP) is 6.66. The quantitative estimate of drug-likeness (QED) is 0.584. The van der Waals surface area contributed by atoms with E-state index in [1.807, 2.05) is 67.5 Å². The van der Waals surface area contributed by atoms with Crippen LogP contribution in [0.3, 0.4) is 0 Å². The molecule has 0 radical (unpaired) electrons. The Hall–Kier alpha value is -1.34. The number of hydrogen-bond donors (Lipinski definition) is 0. The van der Waals surface area contributed by atoms with Crippen LogP contribution in [-0.2, 0) is 0 Å². The third-order valence-corrected chi connectivity index (χ3v) is 3.44. The second-order valence-corrected chi connectivity index (χ2v) is 4.43. The second-order valence-electron chi connectivity index (χ2n) is 3.34. The Kier molecular flexibility index (Phi) is 22.9. The largest absolute Gasteiger partial charge is 0.135 e. The highest BCUT2D eigenvalue weighted by atomic mass is 32.1. The van der Waals surface area contributed by atoms with E-state index in [1.54, 1.807) is 11.3 Å². The SMILES string of the molecule is C=Cc1c(/C=C\C)sc(=C/C=C\C)/c1=C\C.CC.CC.CC. The smallest absolute Gasteiger partial charge is 0.0351 e. The van der Waals surface area contributed by atoms with Crippen molar-refractivity contribution in [1.29, 1.82) is 0 Å². The minimum Gasteiger partial charge on any atom is -0.135 e. The van der Waals surface area contributed by atoms with Gasteiger partial charge in [0.15, 0.2) is 0 Å². The molecule has 1 aromatic heterocycles. The molecule has 126 valence electrons. The van der Waals surface area contributed by atoms with E-state index in [1.165, 1.54) is 20.2 Å². The summed E-state index contributed by atoms with van der Waals surface area (Å²) in [7, 11) is 0. The van der Waals surface area contributed by atoms with E-state index in [0.29, 0.717) is 0 Å². The average molecular weight is 321 g/mol. The molecule has 0 spiro atoms. The van der Waals surface area contributed by atoms with Gasteiger partial charge in [0.05, 0.1) is 0 Å². The zero-order valence-corrected chi connectivity index (χ0v) is 17.0. The fourth-order valence-corrected chi connectivity index (χ4v) is 2.81. The Morgan fingerprint density at radius 2 is 1.41 bits per heavy atom. The van der Waals surface area contributed by atoms with Crippen LogP contribution in [-0.4, -0.2) is 0 Å². The van der Waals surface area contributed by atoms with Crippen LogP contribution in [0.5, 0.6) is 0 Å². The topological polar surface area (TPSA) is 0 Å². The fourth-order valence-electron chi connectivity index (χ4n) is 1.58.